The fourth-order valence-electron chi connectivity index (χ4n) is 1.54. The number of aromatic nitrogens is 2. The Hall–Kier alpha value is -2.10. The van der Waals surface area contributed by atoms with Crippen LogP contribution >= 0.6 is 0 Å². The number of nitrogens with one attached hydrogen (secondary N) is 1. The fourth-order valence-corrected chi connectivity index (χ4v) is 1.54. The van der Waals surface area contributed by atoms with E-state index < -0.39 is 0 Å². The molecule has 1 aromatic carbocycles. The van der Waals surface area contributed by atoms with Crippen molar-refractivity contribution in [2.24, 2.45) is 0 Å². The maximum atomic E-state index is 5.59. The van der Waals surface area contributed by atoms with Gasteiger partial charge in [-0.05, 0) is 24.6 Å². The molecule has 0 atom stereocenters. The van der Waals surface area contributed by atoms with Gasteiger partial charge in [0.25, 0.3) is 0 Å². The SMILES string of the molecule is CNc1ccc(-c2nc(N)ncc2C)cc1. The number of nitrogens with two attached hydrogens (primary N) is 1. The maximum Gasteiger partial charge on any atom is 0.220 e. The Kier molecular flexibility index (Phi) is 2.72. The summed E-state index contributed by atoms with van der Waals surface area (Å²) >= 11 is 0. The predicted octanol–water partition coefficient (Wildman–Crippen LogP) is 2.08. The number of hydrogen-bond acceptors (Lipinski definition) is 4. The minimum Gasteiger partial charge on any atom is -0.388 e. The third-order valence-electron chi connectivity index (χ3n) is 2.44. The Morgan fingerprint density at radius 1 is 1.19 bits per heavy atom. The van der Waals surface area contributed by atoms with Crippen molar-refractivity contribution >= 4 is 11.6 Å². The first-order chi connectivity index (χ1) is 7.70. The Balaban J connectivity index is 2.45. The summed E-state index contributed by atoms with van der Waals surface area (Å²) in [4.78, 5) is 8.20. The summed E-state index contributed by atoms with van der Waals surface area (Å²) in [5.41, 5.74) is 9.61. The van der Waals surface area contributed by atoms with Crippen LogP contribution in [0.1, 0.15) is 5.56 Å². The van der Waals surface area contributed by atoms with E-state index in [2.05, 4.69) is 15.3 Å². The third kappa shape index (κ3) is 1.95. The molecule has 0 bridgehead atoms. The highest BCUT2D eigenvalue weighted by Crippen LogP contribution is 2.22. The molecule has 0 amide bonds. The molecule has 0 aliphatic rings. The van der Waals surface area contributed by atoms with Crippen molar-refractivity contribution < 1.29 is 0 Å². The highest BCUT2D eigenvalue weighted by Gasteiger charge is 2.04. The molecule has 0 fully saturated rings. The van der Waals surface area contributed by atoms with Crippen LogP contribution in [0.25, 0.3) is 11.3 Å². The molecule has 0 aliphatic carbocycles. The van der Waals surface area contributed by atoms with Gasteiger partial charge in [0.05, 0.1) is 5.69 Å². The minimum absolute atomic E-state index is 0.304. The van der Waals surface area contributed by atoms with Gasteiger partial charge < -0.3 is 11.1 Å². The largest absolute Gasteiger partial charge is 0.388 e. The molecule has 4 heteroatoms. The highest BCUT2D eigenvalue weighted by molar-refractivity contribution is 5.65. The van der Waals surface area contributed by atoms with Crippen LogP contribution in [0.5, 0.6) is 0 Å². The van der Waals surface area contributed by atoms with Crippen LogP contribution < -0.4 is 11.1 Å². The average Bonchev–Trinajstić information content (AvgIpc) is 2.32. The summed E-state index contributed by atoms with van der Waals surface area (Å²) in [5, 5.41) is 3.07. The van der Waals surface area contributed by atoms with E-state index in [0.29, 0.717) is 5.95 Å². The number of benzene rings is 1. The number of hydrogen-bond donors (Lipinski definition) is 2. The first-order valence-corrected chi connectivity index (χ1v) is 5.08. The van der Waals surface area contributed by atoms with Gasteiger partial charge in [0.15, 0.2) is 0 Å². The zero-order valence-electron chi connectivity index (χ0n) is 9.36. The van der Waals surface area contributed by atoms with E-state index in [1.807, 2.05) is 38.2 Å². The van der Waals surface area contributed by atoms with Gasteiger partial charge in [-0.25, -0.2) is 9.97 Å². The van der Waals surface area contributed by atoms with Crippen molar-refractivity contribution in [2.75, 3.05) is 18.1 Å². The second-order valence-electron chi connectivity index (χ2n) is 3.59. The zero-order valence-corrected chi connectivity index (χ0v) is 9.36. The number of nitrogen functional groups attached to an aromatic ring is 1. The van der Waals surface area contributed by atoms with Gasteiger partial charge in [0.2, 0.25) is 5.95 Å². The molecule has 0 saturated heterocycles. The van der Waals surface area contributed by atoms with Gasteiger partial charge in [0, 0.05) is 24.5 Å². The van der Waals surface area contributed by atoms with Crippen molar-refractivity contribution in [3.05, 3.63) is 36.0 Å². The topological polar surface area (TPSA) is 63.8 Å². The Labute approximate surface area is 94.5 Å². The van der Waals surface area contributed by atoms with Crippen molar-refractivity contribution in [1.82, 2.24) is 9.97 Å². The predicted molar refractivity (Wildman–Crippen MR) is 66.2 cm³/mol. The van der Waals surface area contributed by atoms with Crippen LogP contribution in [-0.2, 0) is 0 Å². The molecule has 0 unspecified atom stereocenters. The summed E-state index contributed by atoms with van der Waals surface area (Å²) in [6.45, 7) is 1.97. The summed E-state index contributed by atoms with van der Waals surface area (Å²) in [6.07, 6.45) is 1.74. The normalized spacial score (nSPS) is 10.1. The monoisotopic (exact) mass is 214 g/mol. The molecule has 0 aliphatic heterocycles. The van der Waals surface area contributed by atoms with Gasteiger partial charge in [-0.2, -0.15) is 0 Å². The Morgan fingerprint density at radius 2 is 1.88 bits per heavy atom. The number of aryl methyl sites for hydroxylation is 1. The number of anilines is 2. The molecular formula is C12H14N4. The van der Waals surface area contributed by atoms with E-state index in [0.717, 1.165) is 22.5 Å². The maximum absolute atomic E-state index is 5.59. The molecule has 82 valence electrons. The van der Waals surface area contributed by atoms with E-state index in [9.17, 15) is 0 Å². The van der Waals surface area contributed by atoms with Crippen LogP contribution in [0, 0.1) is 6.92 Å². The van der Waals surface area contributed by atoms with Gasteiger partial charge in [-0.1, -0.05) is 12.1 Å². The number of rotatable bonds is 2. The van der Waals surface area contributed by atoms with E-state index in [4.69, 9.17) is 5.73 Å². The molecule has 2 aromatic rings. The van der Waals surface area contributed by atoms with Crippen LogP contribution in [-0.4, -0.2) is 17.0 Å². The third-order valence-corrected chi connectivity index (χ3v) is 2.44. The van der Waals surface area contributed by atoms with Crippen LogP contribution in [0.3, 0.4) is 0 Å². The molecule has 0 saturated carbocycles. The zero-order chi connectivity index (χ0) is 11.5. The molecule has 1 heterocycles. The van der Waals surface area contributed by atoms with Crippen molar-refractivity contribution in [2.45, 2.75) is 6.92 Å². The van der Waals surface area contributed by atoms with Gasteiger partial charge in [0.1, 0.15) is 0 Å². The quantitative estimate of drug-likeness (QED) is 0.803. The van der Waals surface area contributed by atoms with E-state index in [1.54, 1.807) is 6.20 Å². The second-order valence-corrected chi connectivity index (χ2v) is 3.59. The lowest BCUT2D eigenvalue weighted by atomic mass is 10.1. The molecule has 0 radical (unpaired) electrons. The van der Waals surface area contributed by atoms with Gasteiger partial charge >= 0.3 is 0 Å². The summed E-state index contributed by atoms with van der Waals surface area (Å²) in [6, 6.07) is 8.04. The first kappa shape index (κ1) is 10.4. The van der Waals surface area contributed by atoms with Gasteiger partial charge in [-0.15, -0.1) is 0 Å². The minimum atomic E-state index is 0.304. The van der Waals surface area contributed by atoms with Crippen LogP contribution in [0.2, 0.25) is 0 Å². The van der Waals surface area contributed by atoms with E-state index in [1.165, 1.54) is 0 Å². The smallest absolute Gasteiger partial charge is 0.220 e. The fraction of sp³-hybridized carbons (Fsp3) is 0.167. The lowest BCUT2D eigenvalue weighted by molar-refractivity contribution is 1.15. The second kappa shape index (κ2) is 4.18. The van der Waals surface area contributed by atoms with Crippen molar-refractivity contribution in [3.8, 4) is 11.3 Å². The van der Waals surface area contributed by atoms with E-state index in [-0.39, 0.29) is 0 Å². The highest BCUT2D eigenvalue weighted by atomic mass is 15.0. The van der Waals surface area contributed by atoms with Gasteiger partial charge in [-0.3, -0.25) is 0 Å². The average molecular weight is 214 g/mol. The lowest BCUT2D eigenvalue weighted by Gasteiger charge is -2.06. The Morgan fingerprint density at radius 3 is 2.50 bits per heavy atom. The molecule has 1 aromatic heterocycles. The standard InChI is InChI=1S/C12H14N4/c1-8-7-15-12(13)16-11(8)9-3-5-10(14-2)6-4-9/h3-7,14H,1-2H3,(H2,13,15,16). The summed E-state index contributed by atoms with van der Waals surface area (Å²) < 4.78 is 0. The lowest BCUT2D eigenvalue weighted by Crippen LogP contribution is -1.98. The molecule has 16 heavy (non-hydrogen) atoms. The molecule has 3 N–H and O–H groups in total. The summed E-state index contributed by atoms with van der Waals surface area (Å²) in [5.74, 6) is 0.304. The first-order valence-electron chi connectivity index (χ1n) is 5.08. The van der Waals surface area contributed by atoms with Crippen molar-refractivity contribution in [3.63, 3.8) is 0 Å². The Bertz CT molecular complexity index is 491. The van der Waals surface area contributed by atoms with Crippen LogP contribution in [0.4, 0.5) is 11.6 Å². The van der Waals surface area contributed by atoms with E-state index >= 15 is 0 Å². The van der Waals surface area contributed by atoms with Crippen LogP contribution in [0.15, 0.2) is 30.5 Å². The molecule has 0 spiro atoms. The molecule has 4 nitrogen and oxygen atoms in total. The number of nitrogens with zero attached hydrogens (tertiary/aromatic N) is 2. The van der Waals surface area contributed by atoms with Crippen molar-refractivity contribution in [1.29, 1.82) is 0 Å². The summed E-state index contributed by atoms with van der Waals surface area (Å²) in [7, 11) is 1.89. The molecular weight excluding hydrogens is 200 g/mol. The molecule has 2 rings (SSSR count).